The number of ether oxygens (including phenoxy) is 1. The van der Waals surface area contributed by atoms with E-state index in [1.165, 1.54) is 55.6 Å². The Kier molecular flexibility index (Phi) is 10.6. The minimum absolute atomic E-state index is 0. The summed E-state index contributed by atoms with van der Waals surface area (Å²) >= 11 is 0. The van der Waals surface area contributed by atoms with Crippen LogP contribution in [0, 0.1) is 32.9 Å². The van der Waals surface area contributed by atoms with E-state index < -0.39 is 5.41 Å². The van der Waals surface area contributed by atoms with Crippen LogP contribution in [0.4, 0.5) is 0 Å². The van der Waals surface area contributed by atoms with E-state index in [0.717, 1.165) is 38.9 Å². The first-order valence-corrected chi connectivity index (χ1v) is 20.6. The van der Waals surface area contributed by atoms with Gasteiger partial charge in [-0.1, -0.05) is 150 Å². The van der Waals surface area contributed by atoms with Crippen LogP contribution in [-0.4, -0.2) is 9.97 Å². The maximum absolute atomic E-state index is 6.95. The van der Waals surface area contributed by atoms with Crippen molar-refractivity contribution in [3.8, 4) is 45.0 Å². The molecule has 0 saturated heterocycles. The number of hydrogen-bond donors (Lipinski definition) is 0. The molecule has 0 saturated carbocycles. The number of aryl methyl sites for hydroxylation is 3. The predicted octanol–water partition coefficient (Wildman–Crippen LogP) is 14.2. The number of pyridine rings is 2. The van der Waals surface area contributed by atoms with E-state index in [9.17, 15) is 0 Å². The maximum atomic E-state index is 6.95. The zero-order valence-corrected chi connectivity index (χ0v) is 38.2. The average molecular weight is 962 g/mol. The number of rotatable bonds is 6. The average Bonchev–Trinajstić information content (AvgIpc) is 3.50. The van der Waals surface area contributed by atoms with Gasteiger partial charge in [-0.05, 0) is 110 Å². The molecule has 0 bridgehead atoms. The van der Waals surface area contributed by atoms with Gasteiger partial charge in [0.1, 0.15) is 0 Å². The molecule has 0 spiro atoms. The molecule has 0 atom stereocenters. The molecule has 1 aliphatic carbocycles. The summed E-state index contributed by atoms with van der Waals surface area (Å²) < 4.78 is 6.95. The Morgan fingerprint density at radius 2 is 1.20 bits per heavy atom. The molecule has 2 aromatic heterocycles. The quantitative estimate of drug-likeness (QED) is 0.156. The van der Waals surface area contributed by atoms with E-state index in [2.05, 4.69) is 184 Å². The van der Waals surface area contributed by atoms with Gasteiger partial charge < -0.3 is 9.72 Å². The van der Waals surface area contributed by atoms with Gasteiger partial charge in [0.15, 0.2) is 0 Å². The van der Waals surface area contributed by atoms with Crippen LogP contribution in [0.1, 0.15) is 91.7 Å². The molecule has 0 amide bonds. The molecule has 0 aliphatic heterocycles. The summed E-state index contributed by atoms with van der Waals surface area (Å²) in [6, 6.07) is 53.3. The molecule has 0 unspecified atom stereocenters. The molecule has 1 aliphatic rings. The van der Waals surface area contributed by atoms with Gasteiger partial charge in [0.25, 0.3) is 0 Å². The van der Waals surface area contributed by atoms with Gasteiger partial charge in [-0.15, -0.1) is 29.3 Å². The van der Waals surface area contributed by atoms with Crippen molar-refractivity contribution in [2.45, 2.75) is 78.6 Å². The molecule has 300 valence electrons. The van der Waals surface area contributed by atoms with E-state index in [4.69, 9.17) is 14.7 Å². The number of hydrogen-bond acceptors (Lipinski definition) is 3. The number of fused-ring (bicyclic) bond motifs is 4. The first-order valence-electron chi connectivity index (χ1n) is 20.6. The monoisotopic (exact) mass is 961 g/mol. The fraction of sp³-hybridized carbons (Fsp3) is 0.214. The van der Waals surface area contributed by atoms with Crippen LogP contribution < -0.4 is 4.74 Å². The van der Waals surface area contributed by atoms with Crippen LogP contribution in [0.25, 0.3) is 44.3 Å². The third-order valence-corrected chi connectivity index (χ3v) is 12.0. The molecule has 9 rings (SSSR count). The van der Waals surface area contributed by atoms with Crippen molar-refractivity contribution in [3.05, 3.63) is 202 Å². The zero-order chi connectivity index (χ0) is 41.3. The SMILES string of the molecule is Cc1cc(C)c(-c2cc(Oc3[c-]c(C4(c5ccccn5)c5cc(C(C)(C)C)ccc5-c5ccc(C(C)(C)C)cc54)ccc3)[c-]c(-c3cc4ccccc4cn3)c2)c(C)c1.[Pt+2]. The predicted molar refractivity (Wildman–Crippen MR) is 244 cm³/mol. The summed E-state index contributed by atoms with van der Waals surface area (Å²) in [6.45, 7) is 20.2. The minimum Gasteiger partial charge on any atom is -0.503 e. The fourth-order valence-corrected chi connectivity index (χ4v) is 9.14. The maximum Gasteiger partial charge on any atom is 2.00 e. The fourth-order valence-electron chi connectivity index (χ4n) is 9.14. The van der Waals surface area contributed by atoms with Gasteiger partial charge in [0, 0.05) is 23.9 Å². The summed E-state index contributed by atoms with van der Waals surface area (Å²) in [6.07, 6.45) is 3.85. The third-order valence-electron chi connectivity index (χ3n) is 12.0. The smallest absolute Gasteiger partial charge is 0.503 e. The van der Waals surface area contributed by atoms with E-state index >= 15 is 0 Å². The van der Waals surface area contributed by atoms with Gasteiger partial charge in [-0.2, -0.15) is 12.1 Å². The largest absolute Gasteiger partial charge is 2.00 e. The van der Waals surface area contributed by atoms with Crippen LogP contribution in [-0.2, 0) is 37.3 Å². The summed E-state index contributed by atoms with van der Waals surface area (Å²) in [5.41, 5.74) is 16.1. The summed E-state index contributed by atoms with van der Waals surface area (Å²) in [5, 5.41) is 2.23. The second-order valence-corrected chi connectivity index (χ2v) is 18.4. The van der Waals surface area contributed by atoms with Crippen molar-refractivity contribution in [2.75, 3.05) is 0 Å². The van der Waals surface area contributed by atoms with E-state index in [1.807, 2.05) is 30.6 Å². The van der Waals surface area contributed by atoms with Crippen LogP contribution in [0.5, 0.6) is 11.5 Å². The topological polar surface area (TPSA) is 35.0 Å². The second kappa shape index (κ2) is 15.4. The standard InChI is InChI=1S/C56H50N2O.Pt/c1-35-25-36(2)53(37(3)26-35)41-27-40(51-30-38-15-10-11-16-39(38)34-58-51)28-46(29-41)59-45-18-14-17-44(31-45)56(52-19-12-13-24-57-52)49-32-42(54(4,5)6)20-22-47(49)48-23-21-43(33-50(48)56)55(7,8)9;/h10-27,29-30,32-34H,1-9H3;/q-2;+2. The zero-order valence-electron chi connectivity index (χ0n) is 35.9. The molecule has 3 nitrogen and oxygen atoms in total. The summed E-state index contributed by atoms with van der Waals surface area (Å²) in [5.74, 6) is 1.21. The van der Waals surface area contributed by atoms with Gasteiger partial charge >= 0.3 is 21.1 Å². The van der Waals surface area contributed by atoms with Crippen molar-refractivity contribution >= 4 is 10.8 Å². The summed E-state index contributed by atoms with van der Waals surface area (Å²) in [4.78, 5) is 10.1. The number of nitrogens with zero attached hydrogens (tertiary/aromatic N) is 2. The number of benzene rings is 6. The molecule has 60 heavy (non-hydrogen) atoms. The first-order chi connectivity index (χ1) is 28.2. The molecular weight excluding hydrogens is 912 g/mol. The van der Waals surface area contributed by atoms with Gasteiger partial charge in [-0.25, -0.2) is 0 Å². The van der Waals surface area contributed by atoms with Crippen molar-refractivity contribution in [1.29, 1.82) is 0 Å². The molecule has 8 aromatic rings. The van der Waals surface area contributed by atoms with Crippen LogP contribution >= 0.6 is 0 Å². The number of aromatic nitrogens is 2. The second-order valence-electron chi connectivity index (χ2n) is 18.4. The Bertz CT molecular complexity index is 2830. The van der Waals surface area contributed by atoms with Crippen LogP contribution in [0.15, 0.2) is 140 Å². The van der Waals surface area contributed by atoms with Crippen molar-refractivity contribution in [2.24, 2.45) is 0 Å². The molecule has 0 N–H and O–H groups in total. The molecule has 2 heterocycles. The molecule has 0 fully saturated rings. The summed E-state index contributed by atoms with van der Waals surface area (Å²) in [7, 11) is 0. The van der Waals surface area contributed by atoms with Crippen molar-refractivity contribution in [3.63, 3.8) is 0 Å². The Morgan fingerprint density at radius 3 is 1.82 bits per heavy atom. The van der Waals surface area contributed by atoms with E-state index in [0.29, 0.717) is 11.5 Å². The van der Waals surface area contributed by atoms with Gasteiger partial charge in [0.2, 0.25) is 0 Å². The molecule has 6 aromatic carbocycles. The Hall–Kier alpha value is -5.63. The Balaban J connectivity index is 0.00000499. The van der Waals surface area contributed by atoms with Gasteiger partial charge in [-0.3, -0.25) is 4.98 Å². The van der Waals surface area contributed by atoms with E-state index in [1.54, 1.807) is 0 Å². The van der Waals surface area contributed by atoms with Crippen LogP contribution in [0.2, 0.25) is 0 Å². The van der Waals surface area contributed by atoms with Crippen molar-refractivity contribution < 1.29 is 25.8 Å². The Morgan fingerprint density at radius 1 is 0.567 bits per heavy atom. The molecular formula is C56H50N2OPt. The van der Waals surface area contributed by atoms with Crippen molar-refractivity contribution in [1.82, 2.24) is 9.97 Å². The minimum atomic E-state index is -0.754. The van der Waals surface area contributed by atoms with E-state index in [-0.39, 0.29) is 31.9 Å². The molecule has 0 radical (unpaired) electrons. The first kappa shape index (κ1) is 41.1. The van der Waals surface area contributed by atoms with Gasteiger partial charge in [0.05, 0.1) is 11.1 Å². The Labute approximate surface area is 370 Å². The van der Waals surface area contributed by atoms with Crippen LogP contribution in [0.3, 0.4) is 0 Å². The third kappa shape index (κ3) is 7.22. The molecule has 4 heteroatoms. The normalized spacial score (nSPS) is 13.1.